The topological polar surface area (TPSA) is 59.4 Å². The van der Waals surface area contributed by atoms with Crippen molar-refractivity contribution in [2.24, 2.45) is 0 Å². The number of benzene rings is 1. The number of sulfonamides is 1. The normalized spacial score (nSPS) is 15.9. The fourth-order valence-electron chi connectivity index (χ4n) is 2.65. The van der Waals surface area contributed by atoms with Gasteiger partial charge in [0, 0.05) is 29.8 Å². The van der Waals surface area contributed by atoms with Crippen LogP contribution < -0.4 is 5.56 Å². The minimum Gasteiger partial charge on any atom is -0.310 e. The molecule has 1 saturated heterocycles. The third kappa shape index (κ3) is 3.57. The highest BCUT2D eigenvalue weighted by molar-refractivity contribution is 9.10. The quantitative estimate of drug-likeness (QED) is 0.797. The molecular formula is C16H17BrN2O3S. The van der Waals surface area contributed by atoms with Crippen molar-refractivity contribution in [2.75, 3.05) is 13.1 Å². The van der Waals surface area contributed by atoms with Crippen LogP contribution in [0.4, 0.5) is 0 Å². The fourth-order valence-corrected chi connectivity index (χ4v) is 4.45. The molecule has 122 valence electrons. The molecule has 1 aromatic heterocycles. The summed E-state index contributed by atoms with van der Waals surface area (Å²) in [7, 11) is -3.51. The zero-order valence-electron chi connectivity index (χ0n) is 12.5. The van der Waals surface area contributed by atoms with Gasteiger partial charge in [-0.25, -0.2) is 8.42 Å². The lowest BCUT2D eigenvalue weighted by molar-refractivity contribution is 0.476. The third-order valence-electron chi connectivity index (χ3n) is 3.93. The number of pyridine rings is 1. The Hall–Kier alpha value is -1.44. The van der Waals surface area contributed by atoms with E-state index in [1.807, 2.05) is 24.3 Å². The molecule has 3 rings (SSSR count). The first-order valence-electron chi connectivity index (χ1n) is 7.42. The molecule has 0 aliphatic carbocycles. The van der Waals surface area contributed by atoms with Gasteiger partial charge in [-0.3, -0.25) is 4.79 Å². The van der Waals surface area contributed by atoms with Crippen LogP contribution in [0.1, 0.15) is 18.4 Å². The number of hydrogen-bond acceptors (Lipinski definition) is 3. The van der Waals surface area contributed by atoms with E-state index in [9.17, 15) is 13.2 Å². The number of rotatable bonds is 4. The third-order valence-corrected chi connectivity index (χ3v) is 6.34. The predicted molar refractivity (Wildman–Crippen MR) is 91.9 cm³/mol. The Balaban J connectivity index is 1.93. The summed E-state index contributed by atoms with van der Waals surface area (Å²) in [5.74, 6) is 0. The Kier molecular flexibility index (Phi) is 4.70. The van der Waals surface area contributed by atoms with E-state index >= 15 is 0 Å². The van der Waals surface area contributed by atoms with E-state index in [0.29, 0.717) is 19.6 Å². The van der Waals surface area contributed by atoms with E-state index in [1.165, 1.54) is 27.2 Å². The van der Waals surface area contributed by atoms with Gasteiger partial charge in [0.1, 0.15) is 0 Å². The van der Waals surface area contributed by atoms with Gasteiger partial charge in [0.05, 0.1) is 11.4 Å². The SMILES string of the molecule is O=c1ccc(S(=O)(=O)N2CCCC2)cn1Cc1ccc(Br)cc1. The zero-order chi connectivity index (χ0) is 16.4. The number of aromatic nitrogens is 1. The molecule has 23 heavy (non-hydrogen) atoms. The number of hydrogen-bond donors (Lipinski definition) is 0. The van der Waals surface area contributed by atoms with Crippen molar-refractivity contribution < 1.29 is 8.42 Å². The maximum Gasteiger partial charge on any atom is 0.250 e. The second kappa shape index (κ2) is 6.59. The van der Waals surface area contributed by atoms with Gasteiger partial charge in [-0.05, 0) is 36.6 Å². The van der Waals surface area contributed by atoms with Crippen molar-refractivity contribution in [2.45, 2.75) is 24.3 Å². The van der Waals surface area contributed by atoms with Gasteiger partial charge in [0.2, 0.25) is 10.0 Å². The average molecular weight is 397 g/mol. The predicted octanol–water partition coefficient (Wildman–Crippen LogP) is 2.44. The second-order valence-electron chi connectivity index (χ2n) is 5.57. The molecule has 2 aromatic rings. The molecule has 1 aliphatic rings. The molecule has 2 heterocycles. The average Bonchev–Trinajstić information content (AvgIpc) is 3.06. The molecule has 0 unspecified atom stereocenters. The number of halogens is 1. The van der Waals surface area contributed by atoms with Crippen LogP contribution >= 0.6 is 15.9 Å². The second-order valence-corrected chi connectivity index (χ2v) is 8.42. The van der Waals surface area contributed by atoms with E-state index in [-0.39, 0.29) is 10.5 Å². The standard InChI is InChI=1S/C16H17BrN2O3S/c17-14-5-3-13(4-6-14)11-18-12-15(7-8-16(18)20)23(21,22)19-9-1-2-10-19/h3-8,12H,1-2,9-11H2. The minimum atomic E-state index is -3.51. The molecule has 0 spiro atoms. The zero-order valence-corrected chi connectivity index (χ0v) is 14.9. The lowest BCUT2D eigenvalue weighted by Gasteiger charge is -2.16. The highest BCUT2D eigenvalue weighted by Gasteiger charge is 2.27. The Labute approximate surface area is 143 Å². The molecule has 0 saturated carbocycles. The molecule has 1 aliphatic heterocycles. The fraction of sp³-hybridized carbons (Fsp3) is 0.312. The Morgan fingerprint density at radius 3 is 2.30 bits per heavy atom. The molecule has 5 nitrogen and oxygen atoms in total. The van der Waals surface area contributed by atoms with Gasteiger partial charge < -0.3 is 4.57 Å². The monoisotopic (exact) mass is 396 g/mol. The summed E-state index contributed by atoms with van der Waals surface area (Å²) >= 11 is 3.37. The van der Waals surface area contributed by atoms with Crippen LogP contribution in [0.5, 0.6) is 0 Å². The lowest BCUT2D eigenvalue weighted by atomic mass is 10.2. The minimum absolute atomic E-state index is 0.177. The highest BCUT2D eigenvalue weighted by atomic mass is 79.9. The van der Waals surface area contributed by atoms with Crippen molar-refractivity contribution >= 4 is 26.0 Å². The summed E-state index contributed by atoms with van der Waals surface area (Å²) in [4.78, 5) is 12.2. The first-order chi connectivity index (χ1) is 11.0. The molecule has 0 bridgehead atoms. The summed E-state index contributed by atoms with van der Waals surface area (Å²) in [6, 6.07) is 10.3. The van der Waals surface area contributed by atoms with Crippen molar-refractivity contribution in [1.29, 1.82) is 0 Å². The molecule has 0 amide bonds. The smallest absolute Gasteiger partial charge is 0.250 e. The van der Waals surface area contributed by atoms with E-state index in [0.717, 1.165) is 22.9 Å². The summed E-state index contributed by atoms with van der Waals surface area (Å²) in [6.45, 7) is 1.44. The largest absolute Gasteiger partial charge is 0.310 e. The van der Waals surface area contributed by atoms with Crippen molar-refractivity contribution in [3.8, 4) is 0 Å². The van der Waals surface area contributed by atoms with Crippen molar-refractivity contribution in [3.63, 3.8) is 0 Å². The Morgan fingerprint density at radius 2 is 1.65 bits per heavy atom. The maximum atomic E-state index is 12.6. The molecule has 0 atom stereocenters. The summed E-state index contributed by atoms with van der Waals surface area (Å²) in [6.07, 6.45) is 3.22. The number of nitrogens with zero attached hydrogens (tertiary/aromatic N) is 2. The van der Waals surface area contributed by atoms with E-state index < -0.39 is 10.0 Å². The maximum absolute atomic E-state index is 12.6. The molecular weight excluding hydrogens is 380 g/mol. The van der Waals surface area contributed by atoms with Gasteiger partial charge in [0.25, 0.3) is 5.56 Å². The molecule has 1 aromatic carbocycles. The highest BCUT2D eigenvalue weighted by Crippen LogP contribution is 2.20. The molecule has 1 fully saturated rings. The molecule has 0 radical (unpaired) electrons. The van der Waals surface area contributed by atoms with Crippen molar-refractivity contribution in [3.05, 3.63) is 63.0 Å². The van der Waals surface area contributed by atoms with Gasteiger partial charge >= 0.3 is 0 Å². The lowest BCUT2D eigenvalue weighted by Crippen LogP contribution is -2.29. The first-order valence-corrected chi connectivity index (χ1v) is 9.65. The Bertz CT molecular complexity index is 854. The van der Waals surface area contributed by atoms with Crippen LogP contribution in [-0.2, 0) is 16.6 Å². The Morgan fingerprint density at radius 1 is 1.00 bits per heavy atom. The summed E-state index contributed by atoms with van der Waals surface area (Å²) in [5.41, 5.74) is 0.722. The molecule has 7 heteroatoms. The van der Waals surface area contributed by atoms with Gasteiger partial charge in [0.15, 0.2) is 0 Å². The van der Waals surface area contributed by atoms with Gasteiger partial charge in [-0.1, -0.05) is 28.1 Å². The van der Waals surface area contributed by atoms with Crippen LogP contribution in [0.2, 0.25) is 0 Å². The van der Waals surface area contributed by atoms with Crippen LogP contribution in [0, 0.1) is 0 Å². The van der Waals surface area contributed by atoms with Gasteiger partial charge in [-0.15, -0.1) is 0 Å². The van der Waals surface area contributed by atoms with Crippen LogP contribution in [-0.4, -0.2) is 30.4 Å². The van der Waals surface area contributed by atoms with Crippen LogP contribution in [0.3, 0.4) is 0 Å². The van der Waals surface area contributed by atoms with E-state index in [1.54, 1.807) is 0 Å². The summed E-state index contributed by atoms with van der Waals surface area (Å²) < 4.78 is 29.1. The summed E-state index contributed by atoms with van der Waals surface area (Å²) in [5, 5.41) is 0. The first kappa shape index (κ1) is 16.4. The van der Waals surface area contributed by atoms with E-state index in [2.05, 4.69) is 15.9 Å². The van der Waals surface area contributed by atoms with Crippen LogP contribution in [0.25, 0.3) is 0 Å². The van der Waals surface area contributed by atoms with Gasteiger partial charge in [-0.2, -0.15) is 4.31 Å². The van der Waals surface area contributed by atoms with Crippen molar-refractivity contribution in [1.82, 2.24) is 8.87 Å². The molecule has 0 N–H and O–H groups in total. The van der Waals surface area contributed by atoms with Crippen LogP contribution in [0.15, 0.2) is 56.8 Å². The van der Waals surface area contributed by atoms with E-state index in [4.69, 9.17) is 0 Å².